The van der Waals surface area contributed by atoms with Crippen molar-refractivity contribution in [3.63, 3.8) is 0 Å². The number of hydrogen-bond acceptors (Lipinski definition) is 7. The van der Waals surface area contributed by atoms with Crippen LogP contribution in [0.3, 0.4) is 0 Å². The first-order valence-electron chi connectivity index (χ1n) is 13.2. The van der Waals surface area contributed by atoms with Gasteiger partial charge in [-0.25, -0.2) is 19.9 Å². The lowest BCUT2D eigenvalue weighted by Gasteiger charge is -2.15. The maximum Gasteiger partial charge on any atom is 0.416 e. The molecule has 0 radical (unpaired) electrons. The molecule has 2 aromatic carbocycles. The smallest absolute Gasteiger partial charge is 0.367 e. The largest absolute Gasteiger partial charge is 0.416 e. The van der Waals surface area contributed by atoms with E-state index in [-0.39, 0.29) is 11.3 Å². The Labute approximate surface area is 238 Å². The van der Waals surface area contributed by atoms with Crippen LogP contribution in [0.4, 0.5) is 36.3 Å². The normalized spacial score (nSPS) is 13.2. The van der Waals surface area contributed by atoms with Gasteiger partial charge in [-0.05, 0) is 62.6 Å². The molecule has 1 aliphatic carbocycles. The number of anilines is 4. The Balaban J connectivity index is 1.25. The molecule has 1 saturated carbocycles. The molecule has 3 heterocycles. The molecule has 5 aromatic rings. The van der Waals surface area contributed by atoms with Gasteiger partial charge in [-0.2, -0.15) is 13.2 Å². The van der Waals surface area contributed by atoms with Gasteiger partial charge in [0.2, 0.25) is 5.95 Å². The minimum absolute atomic E-state index is 0.141. The molecule has 10 nitrogen and oxygen atoms in total. The average molecular weight is 574 g/mol. The zero-order valence-corrected chi connectivity index (χ0v) is 22.6. The van der Waals surface area contributed by atoms with Crippen LogP contribution in [-0.2, 0) is 6.18 Å². The van der Waals surface area contributed by atoms with Crippen LogP contribution in [0.1, 0.15) is 40.2 Å². The maximum atomic E-state index is 13.7. The number of nitrogens with zero attached hydrogens (tertiary/aromatic N) is 6. The summed E-state index contributed by atoms with van der Waals surface area (Å²) in [7, 11) is 0. The Morgan fingerprint density at radius 2 is 1.71 bits per heavy atom. The fourth-order valence-electron chi connectivity index (χ4n) is 4.43. The summed E-state index contributed by atoms with van der Waals surface area (Å²) in [5.74, 6) is 1.63. The third kappa shape index (κ3) is 5.80. The van der Waals surface area contributed by atoms with Crippen LogP contribution in [0.15, 0.2) is 73.6 Å². The lowest BCUT2D eigenvalue weighted by molar-refractivity contribution is -0.137. The molecular weight excluding hydrogens is 547 g/mol. The van der Waals surface area contributed by atoms with Gasteiger partial charge in [0, 0.05) is 59.5 Å². The molecule has 42 heavy (non-hydrogen) atoms. The molecule has 1 aliphatic rings. The van der Waals surface area contributed by atoms with E-state index in [0.717, 1.165) is 36.4 Å². The fraction of sp³-hybridized carbons (Fsp3) is 0.207. The van der Waals surface area contributed by atoms with Crippen LogP contribution in [0.25, 0.3) is 11.5 Å². The summed E-state index contributed by atoms with van der Waals surface area (Å²) < 4.78 is 44.4. The van der Waals surface area contributed by atoms with Gasteiger partial charge in [-0.1, -0.05) is 6.07 Å². The lowest BCUT2D eigenvalue weighted by atomic mass is 10.1. The van der Waals surface area contributed by atoms with Gasteiger partial charge in [-0.3, -0.25) is 9.36 Å². The van der Waals surface area contributed by atoms with E-state index < -0.39 is 17.6 Å². The molecule has 0 aliphatic heterocycles. The van der Waals surface area contributed by atoms with E-state index >= 15 is 0 Å². The molecule has 6 rings (SSSR count). The number of hydrogen-bond donors (Lipinski definition) is 3. The number of carbonyl (C=O) groups excluding carboxylic acids is 1. The highest BCUT2D eigenvalue weighted by atomic mass is 19.4. The van der Waals surface area contributed by atoms with Crippen molar-refractivity contribution in [1.29, 1.82) is 0 Å². The van der Waals surface area contributed by atoms with Gasteiger partial charge in [-0.15, -0.1) is 0 Å². The predicted octanol–water partition coefficient (Wildman–Crippen LogP) is 6.05. The first kappa shape index (κ1) is 27.0. The number of alkyl halides is 3. The van der Waals surface area contributed by atoms with E-state index in [4.69, 9.17) is 0 Å². The third-order valence-corrected chi connectivity index (χ3v) is 6.82. The molecule has 0 unspecified atom stereocenters. The molecule has 3 N–H and O–H groups in total. The molecule has 0 spiro atoms. The Hall–Kier alpha value is -5.20. The van der Waals surface area contributed by atoms with Crippen LogP contribution >= 0.6 is 0 Å². The number of nitrogens with one attached hydrogen (secondary N) is 3. The number of imidazole rings is 2. The molecule has 0 bridgehead atoms. The summed E-state index contributed by atoms with van der Waals surface area (Å²) in [6, 6.07) is 10.7. The van der Waals surface area contributed by atoms with Crippen molar-refractivity contribution in [2.24, 2.45) is 0 Å². The summed E-state index contributed by atoms with van der Waals surface area (Å²) in [6.45, 7) is 3.55. The molecule has 214 valence electrons. The number of amides is 1. The quantitative estimate of drug-likeness (QED) is 0.207. The topological polar surface area (TPSA) is 115 Å². The maximum absolute atomic E-state index is 13.7. The van der Waals surface area contributed by atoms with Crippen LogP contribution in [0.5, 0.6) is 0 Å². The summed E-state index contributed by atoms with van der Waals surface area (Å²) in [5, 5.41) is 9.34. The second-order valence-corrected chi connectivity index (χ2v) is 10.0. The standard InChI is InChI=1S/C29H26F3N9O/c1-17-3-4-22(38-27(42)19-11-20(29(30,31)32)13-23(12-19)40-9-7-33-18(40)2)14-24(17)39-28-34-8-10-41(28)26-15-25(35-16-36-26)37-21-5-6-21/h3-4,7-16,21H,5-6H2,1-2H3,(H,34,39)(H,38,42)(H,35,36,37). The second kappa shape index (κ2) is 10.7. The van der Waals surface area contributed by atoms with Gasteiger partial charge >= 0.3 is 6.18 Å². The van der Waals surface area contributed by atoms with Crippen molar-refractivity contribution in [1.82, 2.24) is 29.1 Å². The van der Waals surface area contributed by atoms with Gasteiger partial charge in [0.1, 0.15) is 23.8 Å². The SMILES string of the molecule is Cc1ccc(NC(=O)c2cc(-n3ccnc3C)cc(C(F)(F)F)c2)cc1Nc1nccn1-c1cc(NC2CC2)ncn1. The first-order valence-corrected chi connectivity index (χ1v) is 13.2. The van der Waals surface area contributed by atoms with Crippen molar-refractivity contribution >= 4 is 29.0 Å². The zero-order chi connectivity index (χ0) is 29.4. The van der Waals surface area contributed by atoms with Crippen molar-refractivity contribution in [3.05, 3.63) is 96.1 Å². The average Bonchev–Trinajstić information content (AvgIpc) is 3.46. The zero-order valence-electron chi connectivity index (χ0n) is 22.6. The van der Waals surface area contributed by atoms with E-state index in [1.165, 1.54) is 23.2 Å². The number of rotatable bonds is 8. The van der Waals surface area contributed by atoms with E-state index in [2.05, 4.69) is 35.9 Å². The van der Waals surface area contributed by atoms with Crippen molar-refractivity contribution < 1.29 is 18.0 Å². The highest BCUT2D eigenvalue weighted by Crippen LogP contribution is 2.32. The third-order valence-electron chi connectivity index (χ3n) is 6.82. The van der Waals surface area contributed by atoms with Gasteiger partial charge in [0.05, 0.1) is 5.56 Å². The van der Waals surface area contributed by atoms with Crippen LogP contribution in [0, 0.1) is 13.8 Å². The number of halogens is 3. The molecule has 1 amide bonds. The Morgan fingerprint density at radius 3 is 2.45 bits per heavy atom. The number of carbonyl (C=O) groups is 1. The van der Waals surface area contributed by atoms with Crippen LogP contribution < -0.4 is 16.0 Å². The Kier molecular flexibility index (Phi) is 6.85. The molecule has 13 heteroatoms. The molecule has 0 atom stereocenters. The van der Waals surface area contributed by atoms with Crippen LogP contribution in [0.2, 0.25) is 0 Å². The van der Waals surface area contributed by atoms with Gasteiger partial charge < -0.3 is 20.5 Å². The van der Waals surface area contributed by atoms with E-state index in [1.54, 1.807) is 48.3 Å². The lowest BCUT2D eigenvalue weighted by Crippen LogP contribution is -2.15. The van der Waals surface area contributed by atoms with E-state index in [9.17, 15) is 18.0 Å². The van der Waals surface area contributed by atoms with Gasteiger partial charge in [0.15, 0.2) is 0 Å². The first-order chi connectivity index (χ1) is 20.1. The fourth-order valence-corrected chi connectivity index (χ4v) is 4.43. The highest BCUT2D eigenvalue weighted by Gasteiger charge is 2.32. The molecule has 3 aromatic heterocycles. The van der Waals surface area contributed by atoms with Gasteiger partial charge in [0.25, 0.3) is 5.91 Å². The summed E-state index contributed by atoms with van der Waals surface area (Å²) in [4.78, 5) is 30.3. The molecule has 1 fully saturated rings. The number of aryl methyl sites for hydroxylation is 2. The monoisotopic (exact) mass is 573 g/mol. The van der Waals surface area contributed by atoms with Crippen LogP contribution in [-0.4, -0.2) is 41.0 Å². The van der Waals surface area contributed by atoms with Crippen molar-refractivity contribution in [2.45, 2.75) is 38.9 Å². The summed E-state index contributed by atoms with van der Waals surface area (Å²) in [5.41, 5.74) is 1.00. The second-order valence-electron chi connectivity index (χ2n) is 10.0. The minimum Gasteiger partial charge on any atom is -0.367 e. The van der Waals surface area contributed by atoms with Crippen molar-refractivity contribution in [2.75, 3.05) is 16.0 Å². The van der Waals surface area contributed by atoms with E-state index in [0.29, 0.717) is 35.0 Å². The predicted molar refractivity (Wildman–Crippen MR) is 152 cm³/mol. The Morgan fingerprint density at radius 1 is 0.929 bits per heavy atom. The minimum atomic E-state index is -4.64. The molecule has 0 saturated heterocycles. The highest BCUT2D eigenvalue weighted by molar-refractivity contribution is 6.05. The summed E-state index contributed by atoms with van der Waals surface area (Å²) >= 11 is 0. The van der Waals surface area contributed by atoms with E-state index in [1.807, 2.05) is 13.0 Å². The summed E-state index contributed by atoms with van der Waals surface area (Å²) in [6.07, 6.45) is 5.49. The number of aromatic nitrogens is 6. The van der Waals surface area contributed by atoms with Crippen molar-refractivity contribution in [3.8, 4) is 11.5 Å². The molecular formula is C29H26F3N9O. The number of benzene rings is 2. The Bertz CT molecular complexity index is 1770.